The van der Waals surface area contributed by atoms with Crippen LogP contribution in [-0.2, 0) is 0 Å². The van der Waals surface area contributed by atoms with Crippen LogP contribution in [0.1, 0.15) is 25.6 Å². The first-order valence-electron chi connectivity index (χ1n) is 8.05. The number of thiophene rings is 1. The van der Waals surface area contributed by atoms with Crippen LogP contribution in [0.15, 0.2) is 47.6 Å². The Labute approximate surface area is 174 Å². The third-order valence-corrected chi connectivity index (χ3v) is 5.86. The van der Waals surface area contributed by atoms with E-state index in [-0.39, 0.29) is 16.5 Å². The second kappa shape index (κ2) is 8.72. The number of benzene rings is 1. The largest absolute Gasteiger partial charge is 0.320 e. The summed E-state index contributed by atoms with van der Waals surface area (Å²) in [6, 6.07) is 8.84. The fraction of sp³-hybridized carbons (Fsp3) is 0.105. The zero-order valence-electron chi connectivity index (χ0n) is 14.9. The molecule has 0 unspecified atom stereocenters. The van der Waals surface area contributed by atoms with Crippen molar-refractivity contribution in [3.05, 3.63) is 69.4 Å². The third-order valence-electron chi connectivity index (χ3n) is 3.74. The molecule has 0 aliphatic heterocycles. The minimum atomic E-state index is -0.521. The lowest BCUT2D eigenvalue weighted by atomic mass is 10.2. The zero-order valence-corrected chi connectivity index (χ0v) is 17.3. The predicted molar refractivity (Wildman–Crippen MR) is 112 cm³/mol. The maximum absolute atomic E-state index is 13.1. The van der Waals surface area contributed by atoms with Crippen molar-refractivity contribution in [2.24, 2.45) is 0 Å². The standard InChI is InChI=1S/C19H15ClFN3O2S2/c1-10-7-16(24-18(25)13-5-3-11(21)8-14(13)20)28-17(10)19(26)23-12-4-6-15(27-2)22-9-12/h3-9H,1-2H3,(H,23,26)(H,24,25). The lowest BCUT2D eigenvalue weighted by Crippen LogP contribution is -2.12. The molecule has 0 bridgehead atoms. The fourth-order valence-corrected chi connectivity index (χ4v) is 3.96. The quantitative estimate of drug-likeness (QED) is 0.521. The molecule has 1 aromatic carbocycles. The smallest absolute Gasteiger partial charge is 0.266 e. The number of amides is 2. The van der Waals surface area contributed by atoms with Gasteiger partial charge in [-0.05, 0) is 55.1 Å². The first-order chi connectivity index (χ1) is 13.4. The predicted octanol–water partition coefficient (Wildman–Crippen LogP) is 5.47. The molecular weight excluding hydrogens is 421 g/mol. The number of thioether (sulfide) groups is 1. The molecule has 28 heavy (non-hydrogen) atoms. The molecule has 0 atom stereocenters. The molecule has 2 amide bonds. The number of carbonyl (C=O) groups excluding carboxylic acids is 2. The van der Waals surface area contributed by atoms with E-state index in [4.69, 9.17) is 11.6 Å². The van der Waals surface area contributed by atoms with Gasteiger partial charge in [0.2, 0.25) is 0 Å². The molecule has 0 aliphatic rings. The highest BCUT2D eigenvalue weighted by molar-refractivity contribution is 7.98. The van der Waals surface area contributed by atoms with E-state index in [9.17, 15) is 14.0 Å². The second-order valence-corrected chi connectivity index (χ2v) is 8.03. The first kappa shape index (κ1) is 20.3. The van der Waals surface area contributed by atoms with Crippen LogP contribution in [0.25, 0.3) is 0 Å². The van der Waals surface area contributed by atoms with E-state index in [0.29, 0.717) is 15.6 Å². The van der Waals surface area contributed by atoms with Crippen LogP contribution >= 0.6 is 34.7 Å². The lowest BCUT2D eigenvalue weighted by molar-refractivity contribution is 0.102. The Balaban J connectivity index is 1.72. The first-order valence-corrected chi connectivity index (χ1v) is 10.5. The minimum Gasteiger partial charge on any atom is -0.320 e. The third kappa shape index (κ3) is 4.70. The summed E-state index contributed by atoms with van der Waals surface area (Å²) >= 11 is 8.57. The second-order valence-electron chi connectivity index (χ2n) is 5.74. The van der Waals surface area contributed by atoms with Gasteiger partial charge in [0, 0.05) is 0 Å². The fourth-order valence-electron chi connectivity index (χ4n) is 2.38. The van der Waals surface area contributed by atoms with Crippen molar-refractivity contribution in [3.8, 4) is 0 Å². The molecule has 2 heterocycles. The number of rotatable bonds is 5. The van der Waals surface area contributed by atoms with Gasteiger partial charge < -0.3 is 10.6 Å². The number of halogens is 2. The normalized spacial score (nSPS) is 10.6. The molecule has 144 valence electrons. The molecule has 3 aromatic rings. The molecule has 5 nitrogen and oxygen atoms in total. The van der Waals surface area contributed by atoms with Gasteiger partial charge in [-0.2, -0.15) is 0 Å². The maximum atomic E-state index is 13.1. The highest BCUT2D eigenvalue weighted by Crippen LogP contribution is 2.29. The van der Waals surface area contributed by atoms with Gasteiger partial charge in [-0.1, -0.05) is 11.6 Å². The van der Waals surface area contributed by atoms with Crippen molar-refractivity contribution in [1.82, 2.24) is 4.98 Å². The number of nitrogens with one attached hydrogen (secondary N) is 2. The van der Waals surface area contributed by atoms with Crippen LogP contribution in [0.4, 0.5) is 15.1 Å². The average molecular weight is 436 g/mol. The summed E-state index contributed by atoms with van der Waals surface area (Å²) in [5.41, 5.74) is 1.45. The molecule has 9 heteroatoms. The van der Waals surface area contributed by atoms with Gasteiger partial charge in [0.25, 0.3) is 11.8 Å². The Morgan fingerprint density at radius 1 is 1.14 bits per heavy atom. The molecule has 2 N–H and O–H groups in total. The molecule has 0 fully saturated rings. The minimum absolute atomic E-state index is 0.0185. The number of nitrogens with zero attached hydrogens (tertiary/aromatic N) is 1. The van der Waals surface area contributed by atoms with Crippen molar-refractivity contribution in [1.29, 1.82) is 0 Å². The number of aryl methyl sites for hydroxylation is 1. The van der Waals surface area contributed by atoms with E-state index in [2.05, 4.69) is 15.6 Å². The number of hydrogen-bond donors (Lipinski definition) is 2. The average Bonchev–Trinajstić information content (AvgIpc) is 3.02. The summed E-state index contributed by atoms with van der Waals surface area (Å²) in [4.78, 5) is 29.6. The van der Waals surface area contributed by atoms with Gasteiger partial charge in [-0.3, -0.25) is 9.59 Å². The van der Waals surface area contributed by atoms with Crippen LogP contribution in [-0.4, -0.2) is 23.1 Å². The molecule has 0 saturated carbocycles. The SMILES string of the molecule is CSc1ccc(NC(=O)c2sc(NC(=O)c3ccc(F)cc3Cl)cc2C)cn1. The summed E-state index contributed by atoms with van der Waals surface area (Å²) in [5, 5.41) is 6.84. The van der Waals surface area contributed by atoms with Gasteiger partial charge in [-0.15, -0.1) is 23.1 Å². The highest BCUT2D eigenvalue weighted by atomic mass is 35.5. The van der Waals surface area contributed by atoms with E-state index in [0.717, 1.165) is 34.1 Å². The number of aromatic nitrogens is 1. The summed E-state index contributed by atoms with van der Waals surface area (Å²) in [6.45, 7) is 1.78. The monoisotopic (exact) mass is 435 g/mol. The van der Waals surface area contributed by atoms with E-state index in [1.165, 1.54) is 17.8 Å². The van der Waals surface area contributed by atoms with Gasteiger partial charge in [0.1, 0.15) is 5.82 Å². The number of pyridine rings is 1. The van der Waals surface area contributed by atoms with E-state index in [1.54, 1.807) is 25.3 Å². The maximum Gasteiger partial charge on any atom is 0.266 e. The van der Waals surface area contributed by atoms with Crippen LogP contribution in [0.3, 0.4) is 0 Å². The van der Waals surface area contributed by atoms with Gasteiger partial charge in [0.15, 0.2) is 0 Å². The molecule has 0 aliphatic carbocycles. The van der Waals surface area contributed by atoms with Crippen molar-refractivity contribution < 1.29 is 14.0 Å². The Bertz CT molecular complexity index is 1040. The van der Waals surface area contributed by atoms with Gasteiger partial charge in [-0.25, -0.2) is 9.37 Å². The molecule has 0 radical (unpaired) electrons. The summed E-state index contributed by atoms with van der Waals surface area (Å²) < 4.78 is 13.1. The van der Waals surface area contributed by atoms with Gasteiger partial charge >= 0.3 is 0 Å². The van der Waals surface area contributed by atoms with Crippen LogP contribution in [0.5, 0.6) is 0 Å². The van der Waals surface area contributed by atoms with Crippen LogP contribution in [0.2, 0.25) is 5.02 Å². The van der Waals surface area contributed by atoms with Crippen LogP contribution < -0.4 is 10.6 Å². The Morgan fingerprint density at radius 2 is 1.93 bits per heavy atom. The summed E-state index contributed by atoms with van der Waals surface area (Å²) in [6.07, 6.45) is 3.51. The number of carbonyl (C=O) groups is 2. The molecule has 3 rings (SSSR count). The number of hydrogen-bond acceptors (Lipinski definition) is 5. The van der Waals surface area contributed by atoms with Crippen molar-refractivity contribution in [3.63, 3.8) is 0 Å². The van der Waals surface area contributed by atoms with Gasteiger partial charge in [0.05, 0.1) is 37.4 Å². The highest BCUT2D eigenvalue weighted by Gasteiger charge is 2.17. The lowest BCUT2D eigenvalue weighted by Gasteiger charge is -2.05. The molecule has 0 spiro atoms. The summed E-state index contributed by atoms with van der Waals surface area (Å²) in [5.74, 6) is -1.29. The topological polar surface area (TPSA) is 71.1 Å². The van der Waals surface area contributed by atoms with E-state index in [1.807, 2.05) is 12.3 Å². The Morgan fingerprint density at radius 3 is 2.57 bits per heavy atom. The Hall–Kier alpha value is -2.42. The van der Waals surface area contributed by atoms with E-state index >= 15 is 0 Å². The zero-order chi connectivity index (χ0) is 20.3. The van der Waals surface area contributed by atoms with Crippen molar-refractivity contribution in [2.75, 3.05) is 16.9 Å². The Kier molecular flexibility index (Phi) is 6.33. The van der Waals surface area contributed by atoms with E-state index < -0.39 is 11.7 Å². The molecular formula is C19H15ClFN3O2S2. The summed E-state index contributed by atoms with van der Waals surface area (Å²) in [7, 11) is 0. The van der Waals surface area contributed by atoms with Crippen molar-refractivity contribution >= 4 is 57.2 Å². The molecule has 0 saturated heterocycles. The van der Waals surface area contributed by atoms with Crippen molar-refractivity contribution in [2.45, 2.75) is 11.9 Å². The van der Waals surface area contributed by atoms with Crippen LogP contribution in [0, 0.1) is 12.7 Å². The molecule has 2 aromatic heterocycles. The number of anilines is 2.